The standard InChI is InChI=1S/C20H26F3NO4/c21-20(22,23)19(26)28-18(25)10-12-24-14-16-6-8-17(9-7-16)27-13-11-15-4-2-1-3-5-15/h6-9,15,24H,1-5,10-14H2. The number of carbonyl (C=O) groups is 2. The van der Waals surface area contributed by atoms with Crippen molar-refractivity contribution in [3.63, 3.8) is 0 Å². The summed E-state index contributed by atoms with van der Waals surface area (Å²) in [6, 6.07) is 7.51. The Morgan fingerprint density at radius 2 is 1.75 bits per heavy atom. The van der Waals surface area contributed by atoms with E-state index < -0.39 is 18.1 Å². The minimum Gasteiger partial charge on any atom is -0.494 e. The first-order chi connectivity index (χ1) is 13.3. The van der Waals surface area contributed by atoms with Crippen molar-refractivity contribution in [2.75, 3.05) is 13.2 Å². The summed E-state index contributed by atoms with van der Waals surface area (Å²) in [5.74, 6) is -2.13. The Kier molecular flexibility index (Phi) is 8.76. The molecule has 1 saturated carbocycles. The van der Waals surface area contributed by atoms with Gasteiger partial charge in [-0.2, -0.15) is 13.2 Å². The first-order valence-corrected chi connectivity index (χ1v) is 9.59. The second-order valence-electron chi connectivity index (χ2n) is 6.97. The molecule has 1 aromatic rings. The fourth-order valence-corrected chi connectivity index (χ4v) is 3.16. The smallest absolute Gasteiger partial charge is 0.491 e. The van der Waals surface area contributed by atoms with Crippen molar-refractivity contribution in [1.29, 1.82) is 0 Å². The van der Waals surface area contributed by atoms with Crippen LogP contribution in [-0.4, -0.2) is 31.3 Å². The van der Waals surface area contributed by atoms with Crippen LogP contribution in [-0.2, 0) is 20.9 Å². The van der Waals surface area contributed by atoms with Crippen molar-refractivity contribution in [1.82, 2.24) is 5.32 Å². The number of nitrogens with one attached hydrogen (secondary N) is 1. The van der Waals surface area contributed by atoms with Crippen LogP contribution in [0.1, 0.15) is 50.5 Å². The number of rotatable bonds is 9. The van der Waals surface area contributed by atoms with E-state index in [4.69, 9.17) is 4.74 Å². The Balaban J connectivity index is 1.59. The van der Waals surface area contributed by atoms with E-state index in [1.807, 2.05) is 24.3 Å². The minimum absolute atomic E-state index is 0.101. The van der Waals surface area contributed by atoms with Crippen molar-refractivity contribution in [3.05, 3.63) is 29.8 Å². The molecule has 0 aliphatic heterocycles. The van der Waals surface area contributed by atoms with E-state index in [0.29, 0.717) is 13.2 Å². The molecule has 1 aliphatic carbocycles. The van der Waals surface area contributed by atoms with Crippen LogP contribution in [0.4, 0.5) is 13.2 Å². The molecular formula is C20H26F3NO4. The van der Waals surface area contributed by atoms with Gasteiger partial charge >= 0.3 is 18.1 Å². The molecule has 156 valence electrons. The van der Waals surface area contributed by atoms with Gasteiger partial charge in [-0.3, -0.25) is 4.79 Å². The number of halogens is 3. The van der Waals surface area contributed by atoms with Crippen molar-refractivity contribution in [3.8, 4) is 5.75 Å². The van der Waals surface area contributed by atoms with Gasteiger partial charge in [0.1, 0.15) is 5.75 Å². The maximum Gasteiger partial charge on any atom is 0.491 e. The van der Waals surface area contributed by atoms with Gasteiger partial charge < -0.3 is 14.8 Å². The van der Waals surface area contributed by atoms with Gasteiger partial charge in [-0.05, 0) is 30.0 Å². The topological polar surface area (TPSA) is 64.6 Å². The van der Waals surface area contributed by atoms with Crippen molar-refractivity contribution < 1.29 is 32.2 Å². The molecule has 8 heteroatoms. The van der Waals surface area contributed by atoms with Crippen LogP contribution in [0.3, 0.4) is 0 Å². The SMILES string of the molecule is O=C(CCNCc1ccc(OCCC2CCCCC2)cc1)OC(=O)C(F)(F)F. The van der Waals surface area contributed by atoms with Gasteiger partial charge in [0.05, 0.1) is 13.0 Å². The van der Waals surface area contributed by atoms with E-state index in [9.17, 15) is 22.8 Å². The summed E-state index contributed by atoms with van der Waals surface area (Å²) in [6.07, 6.45) is 2.17. The molecule has 0 saturated heterocycles. The van der Waals surface area contributed by atoms with Crippen LogP contribution in [0.25, 0.3) is 0 Å². The van der Waals surface area contributed by atoms with E-state index in [2.05, 4.69) is 10.1 Å². The maximum absolute atomic E-state index is 12.0. The largest absolute Gasteiger partial charge is 0.494 e. The zero-order chi connectivity index (χ0) is 20.4. The summed E-state index contributed by atoms with van der Waals surface area (Å²) in [5.41, 5.74) is 0.944. The van der Waals surface area contributed by atoms with Gasteiger partial charge in [0.2, 0.25) is 0 Å². The van der Waals surface area contributed by atoms with E-state index in [0.717, 1.165) is 23.7 Å². The molecule has 0 amide bonds. The van der Waals surface area contributed by atoms with Gasteiger partial charge in [-0.1, -0.05) is 44.2 Å². The predicted molar refractivity (Wildman–Crippen MR) is 96.6 cm³/mol. The predicted octanol–water partition coefficient (Wildman–Crippen LogP) is 4.15. The molecule has 0 aromatic heterocycles. The Morgan fingerprint density at radius 3 is 2.39 bits per heavy atom. The lowest BCUT2D eigenvalue weighted by atomic mass is 9.87. The fraction of sp³-hybridized carbons (Fsp3) is 0.600. The van der Waals surface area contributed by atoms with Crippen LogP contribution in [0.5, 0.6) is 5.75 Å². The number of hydrogen-bond donors (Lipinski definition) is 1. The minimum atomic E-state index is -5.16. The lowest BCUT2D eigenvalue weighted by molar-refractivity contribution is -0.201. The zero-order valence-corrected chi connectivity index (χ0v) is 15.7. The molecule has 0 unspecified atom stereocenters. The Bertz CT molecular complexity index is 625. The van der Waals surface area contributed by atoms with Gasteiger partial charge in [-0.15, -0.1) is 0 Å². The second-order valence-corrected chi connectivity index (χ2v) is 6.97. The summed E-state index contributed by atoms with van der Waals surface area (Å²) in [7, 11) is 0. The Morgan fingerprint density at radius 1 is 1.07 bits per heavy atom. The number of benzene rings is 1. The van der Waals surface area contributed by atoms with Gasteiger partial charge in [0.25, 0.3) is 0 Å². The zero-order valence-electron chi connectivity index (χ0n) is 15.7. The lowest BCUT2D eigenvalue weighted by Gasteiger charge is -2.21. The number of esters is 2. The average molecular weight is 401 g/mol. The molecular weight excluding hydrogens is 375 g/mol. The van der Waals surface area contributed by atoms with E-state index in [-0.39, 0.29) is 13.0 Å². The molecule has 0 spiro atoms. The highest BCUT2D eigenvalue weighted by atomic mass is 19.4. The van der Waals surface area contributed by atoms with Crippen molar-refractivity contribution in [2.24, 2.45) is 5.92 Å². The molecule has 2 rings (SSSR count). The molecule has 0 heterocycles. The monoisotopic (exact) mass is 401 g/mol. The quantitative estimate of drug-likeness (QED) is 0.383. The molecule has 28 heavy (non-hydrogen) atoms. The fourth-order valence-electron chi connectivity index (χ4n) is 3.16. The van der Waals surface area contributed by atoms with Crippen molar-refractivity contribution >= 4 is 11.9 Å². The van der Waals surface area contributed by atoms with Crippen LogP contribution >= 0.6 is 0 Å². The normalized spacial score (nSPS) is 15.2. The third-order valence-electron chi connectivity index (χ3n) is 4.72. The van der Waals surface area contributed by atoms with Crippen molar-refractivity contribution in [2.45, 2.75) is 57.7 Å². The number of carbonyl (C=O) groups excluding carboxylic acids is 2. The summed E-state index contributed by atoms with van der Waals surface area (Å²) in [4.78, 5) is 21.7. The summed E-state index contributed by atoms with van der Waals surface area (Å²) < 4.78 is 45.4. The molecule has 0 bridgehead atoms. The van der Waals surface area contributed by atoms with Gasteiger partial charge in [0, 0.05) is 13.1 Å². The molecule has 1 aromatic carbocycles. The van der Waals surface area contributed by atoms with Crippen LogP contribution in [0, 0.1) is 5.92 Å². The third kappa shape index (κ3) is 8.29. The van der Waals surface area contributed by atoms with E-state index >= 15 is 0 Å². The number of hydrogen-bond acceptors (Lipinski definition) is 5. The first kappa shape index (κ1) is 22.2. The third-order valence-corrected chi connectivity index (χ3v) is 4.72. The summed E-state index contributed by atoms with van der Waals surface area (Å²) >= 11 is 0. The van der Waals surface area contributed by atoms with Crippen LogP contribution < -0.4 is 10.1 Å². The summed E-state index contributed by atoms with van der Waals surface area (Å²) in [5, 5.41) is 2.92. The molecule has 1 aliphatic rings. The van der Waals surface area contributed by atoms with Gasteiger partial charge in [-0.25, -0.2) is 4.79 Å². The Labute approximate surface area is 162 Å². The molecule has 1 N–H and O–H groups in total. The highest BCUT2D eigenvalue weighted by Crippen LogP contribution is 2.26. The van der Waals surface area contributed by atoms with E-state index in [1.54, 1.807) is 0 Å². The summed E-state index contributed by atoms with van der Waals surface area (Å²) in [6.45, 7) is 1.24. The van der Waals surface area contributed by atoms with E-state index in [1.165, 1.54) is 32.1 Å². The van der Waals surface area contributed by atoms with Crippen LogP contribution in [0.15, 0.2) is 24.3 Å². The first-order valence-electron chi connectivity index (χ1n) is 9.59. The lowest BCUT2D eigenvalue weighted by Crippen LogP contribution is -2.29. The second kappa shape index (κ2) is 11.0. The highest BCUT2D eigenvalue weighted by molar-refractivity contribution is 5.88. The number of alkyl halides is 3. The molecule has 1 fully saturated rings. The number of ether oxygens (including phenoxy) is 2. The molecule has 0 atom stereocenters. The Hall–Kier alpha value is -2.09. The molecule has 5 nitrogen and oxygen atoms in total. The average Bonchev–Trinajstić information content (AvgIpc) is 2.66. The van der Waals surface area contributed by atoms with Gasteiger partial charge in [0.15, 0.2) is 0 Å². The maximum atomic E-state index is 12.0. The van der Waals surface area contributed by atoms with Crippen LogP contribution in [0.2, 0.25) is 0 Å². The highest BCUT2D eigenvalue weighted by Gasteiger charge is 2.42. The molecule has 0 radical (unpaired) electrons.